The van der Waals surface area contributed by atoms with Crippen LogP contribution in [-0.2, 0) is 23.8 Å². The van der Waals surface area contributed by atoms with Gasteiger partial charge in [-0.1, -0.05) is 13.8 Å². The van der Waals surface area contributed by atoms with E-state index in [4.69, 9.17) is 25.7 Å². The van der Waals surface area contributed by atoms with Crippen LogP contribution in [0.1, 0.15) is 33.9 Å². The third-order valence-electron chi connectivity index (χ3n) is 5.29. The Morgan fingerprint density at radius 3 is 2.69 bits per heavy atom. The van der Waals surface area contributed by atoms with Gasteiger partial charge in [-0.05, 0) is 12.8 Å². The number of ether oxygens (including phenoxy) is 3. The van der Waals surface area contributed by atoms with Crippen LogP contribution < -0.4 is 16.8 Å². The minimum Gasteiger partial charge on any atom is -0.463 e. The summed E-state index contributed by atoms with van der Waals surface area (Å²) in [5.74, 6) is -1.30. The van der Waals surface area contributed by atoms with Crippen LogP contribution in [0.5, 0.6) is 0 Å². The van der Waals surface area contributed by atoms with Crippen molar-refractivity contribution in [3.63, 3.8) is 0 Å². The number of aromatic nitrogens is 4. The summed E-state index contributed by atoms with van der Waals surface area (Å²) in [5.41, 5.74) is 9.95. The lowest BCUT2D eigenvalue weighted by molar-refractivity contribution is -0.163. The van der Waals surface area contributed by atoms with Crippen LogP contribution >= 0.6 is 0 Å². The standard InChI is InChI=1S/C19H28FN7O5/c1-8(2)11(21)16(29)32-13-10(6-30-9(3)28)31-17(19(13,4)20)27-7-24-12-14(23-5)25-18(22)26-15(12)27/h7-8,10-11,13,17H,6,21H2,1-5H3,(H3,22,23,25,26)/t10-,11+,13-,17-,19-/m1/s1. The molecular formula is C19H28FN7O5. The first-order chi connectivity index (χ1) is 15.0. The molecule has 2 aromatic heterocycles. The average molecular weight is 453 g/mol. The number of hydrogen-bond acceptors (Lipinski definition) is 11. The highest BCUT2D eigenvalue weighted by Gasteiger charge is 2.58. The van der Waals surface area contributed by atoms with E-state index in [1.807, 2.05) is 0 Å². The number of carbonyl (C=O) groups excluding carboxylic acids is 2. The number of halogens is 1. The number of nitrogens with one attached hydrogen (secondary N) is 1. The summed E-state index contributed by atoms with van der Waals surface area (Å²) < 4.78 is 33.9. The second-order valence-electron chi connectivity index (χ2n) is 8.11. The Labute approximate surface area is 183 Å². The molecular weight excluding hydrogens is 425 g/mol. The Balaban J connectivity index is 2.00. The van der Waals surface area contributed by atoms with Gasteiger partial charge < -0.3 is 31.0 Å². The third-order valence-corrected chi connectivity index (χ3v) is 5.29. The minimum atomic E-state index is -2.26. The smallest absolute Gasteiger partial charge is 0.323 e. The summed E-state index contributed by atoms with van der Waals surface area (Å²) in [6.45, 7) is 5.59. The summed E-state index contributed by atoms with van der Waals surface area (Å²) in [6, 6.07) is -0.959. The molecule has 0 aromatic carbocycles. The van der Waals surface area contributed by atoms with Crippen molar-refractivity contribution >= 4 is 34.9 Å². The molecule has 2 aromatic rings. The highest BCUT2D eigenvalue weighted by Crippen LogP contribution is 2.44. The molecule has 0 saturated carbocycles. The van der Waals surface area contributed by atoms with Crippen molar-refractivity contribution in [3.05, 3.63) is 6.33 Å². The Morgan fingerprint density at radius 2 is 2.09 bits per heavy atom. The van der Waals surface area contributed by atoms with Crippen molar-refractivity contribution in [1.29, 1.82) is 0 Å². The number of imidazole rings is 1. The van der Waals surface area contributed by atoms with Gasteiger partial charge in [-0.15, -0.1) is 0 Å². The SMILES string of the molecule is CNc1nc(N)nc2c1ncn2[C@@H]1O[C@H](COC(C)=O)[C@@H](OC(=O)[C@@H](N)C(C)C)[C@@]1(C)F. The van der Waals surface area contributed by atoms with E-state index in [1.54, 1.807) is 20.9 Å². The van der Waals surface area contributed by atoms with Gasteiger partial charge in [0.05, 0.1) is 6.33 Å². The van der Waals surface area contributed by atoms with E-state index >= 15 is 4.39 Å². The number of fused-ring (bicyclic) bond motifs is 1. The lowest BCUT2D eigenvalue weighted by Crippen LogP contribution is -2.48. The van der Waals surface area contributed by atoms with Gasteiger partial charge in [-0.25, -0.2) is 9.37 Å². The van der Waals surface area contributed by atoms with Gasteiger partial charge in [0.25, 0.3) is 0 Å². The first kappa shape index (κ1) is 23.6. The molecule has 0 amide bonds. The second kappa shape index (κ2) is 8.82. The van der Waals surface area contributed by atoms with Gasteiger partial charge in [0.15, 0.2) is 35.0 Å². The lowest BCUT2D eigenvalue weighted by Gasteiger charge is -2.29. The first-order valence-electron chi connectivity index (χ1n) is 10.1. The van der Waals surface area contributed by atoms with Crippen molar-refractivity contribution in [2.24, 2.45) is 11.7 Å². The highest BCUT2D eigenvalue weighted by molar-refractivity contribution is 5.84. The van der Waals surface area contributed by atoms with Crippen LogP contribution in [-0.4, -0.2) is 69.0 Å². The maximum atomic E-state index is 16.2. The number of hydrogen-bond donors (Lipinski definition) is 3. The fourth-order valence-electron chi connectivity index (χ4n) is 3.48. The monoisotopic (exact) mass is 453 g/mol. The number of alkyl halides is 1. The third kappa shape index (κ3) is 4.30. The fourth-order valence-corrected chi connectivity index (χ4v) is 3.48. The predicted octanol–water partition coefficient (Wildman–Crippen LogP) is 0.534. The van der Waals surface area contributed by atoms with Crippen molar-refractivity contribution in [3.8, 4) is 0 Å². The summed E-state index contributed by atoms with van der Waals surface area (Å²) >= 11 is 0. The Hall–Kier alpha value is -3.06. The van der Waals surface area contributed by atoms with Crippen molar-refractivity contribution in [2.75, 3.05) is 24.7 Å². The van der Waals surface area contributed by atoms with E-state index in [0.717, 1.165) is 0 Å². The van der Waals surface area contributed by atoms with Gasteiger partial charge in [0, 0.05) is 14.0 Å². The Bertz CT molecular complexity index is 1010. The topological polar surface area (TPSA) is 170 Å². The number of esters is 2. The van der Waals surface area contributed by atoms with Gasteiger partial charge >= 0.3 is 11.9 Å². The van der Waals surface area contributed by atoms with Crippen LogP contribution in [0.3, 0.4) is 0 Å². The van der Waals surface area contributed by atoms with Crippen molar-refractivity contribution in [1.82, 2.24) is 19.5 Å². The zero-order valence-corrected chi connectivity index (χ0v) is 18.5. The highest BCUT2D eigenvalue weighted by atomic mass is 19.1. The molecule has 0 spiro atoms. The molecule has 1 saturated heterocycles. The summed E-state index contributed by atoms with van der Waals surface area (Å²) in [6.07, 6.45) is -2.50. The number of anilines is 2. The molecule has 1 aliphatic rings. The Morgan fingerprint density at radius 1 is 1.41 bits per heavy atom. The molecule has 3 rings (SSSR count). The largest absolute Gasteiger partial charge is 0.463 e. The van der Waals surface area contributed by atoms with E-state index in [0.29, 0.717) is 11.3 Å². The maximum Gasteiger partial charge on any atom is 0.323 e. The van der Waals surface area contributed by atoms with Crippen molar-refractivity contribution in [2.45, 2.75) is 57.8 Å². The molecule has 0 bridgehead atoms. The minimum absolute atomic E-state index is 0.0514. The molecule has 5 N–H and O–H groups in total. The van der Waals surface area contributed by atoms with Crippen molar-refractivity contribution < 1.29 is 28.2 Å². The van der Waals surface area contributed by atoms with Crippen LogP contribution in [0.15, 0.2) is 6.33 Å². The molecule has 13 heteroatoms. The summed E-state index contributed by atoms with van der Waals surface area (Å²) in [4.78, 5) is 36.3. The molecule has 176 valence electrons. The maximum absolute atomic E-state index is 16.2. The number of carbonyl (C=O) groups is 2. The van der Waals surface area contributed by atoms with E-state index in [1.165, 1.54) is 24.7 Å². The van der Waals surface area contributed by atoms with Gasteiger partial charge in [0.1, 0.15) is 18.8 Å². The van der Waals surface area contributed by atoms with Gasteiger partial charge in [-0.3, -0.25) is 14.2 Å². The van der Waals surface area contributed by atoms with Gasteiger partial charge in [0.2, 0.25) is 5.95 Å². The number of nitrogens with two attached hydrogens (primary N) is 2. The first-order valence-corrected chi connectivity index (χ1v) is 10.1. The predicted molar refractivity (Wildman–Crippen MR) is 112 cm³/mol. The molecule has 3 heterocycles. The van der Waals surface area contributed by atoms with E-state index in [9.17, 15) is 9.59 Å². The zero-order valence-electron chi connectivity index (χ0n) is 18.5. The molecule has 32 heavy (non-hydrogen) atoms. The van der Waals surface area contributed by atoms with Crippen LogP contribution in [0, 0.1) is 5.92 Å². The number of nitrogens with zero attached hydrogens (tertiary/aromatic N) is 4. The Kier molecular flexibility index (Phi) is 6.51. The molecule has 5 atom stereocenters. The molecule has 12 nitrogen and oxygen atoms in total. The van der Waals surface area contributed by atoms with E-state index in [2.05, 4.69) is 20.3 Å². The number of rotatable bonds is 7. The average Bonchev–Trinajstić information content (AvgIpc) is 3.23. The van der Waals surface area contributed by atoms with Gasteiger partial charge in [-0.2, -0.15) is 9.97 Å². The molecule has 1 fully saturated rings. The van der Waals surface area contributed by atoms with E-state index in [-0.39, 0.29) is 24.1 Å². The molecule has 1 aliphatic heterocycles. The quantitative estimate of drug-likeness (QED) is 0.500. The number of nitrogen functional groups attached to an aromatic ring is 1. The van der Waals surface area contributed by atoms with Crippen LogP contribution in [0.2, 0.25) is 0 Å². The fraction of sp³-hybridized carbons (Fsp3) is 0.632. The normalized spacial score (nSPS) is 26.3. The summed E-state index contributed by atoms with van der Waals surface area (Å²) in [5, 5.41) is 2.85. The molecule has 0 radical (unpaired) electrons. The second-order valence-corrected chi connectivity index (χ2v) is 8.11. The van der Waals surface area contributed by atoms with E-state index < -0.39 is 42.1 Å². The van der Waals surface area contributed by atoms with Crippen LogP contribution in [0.25, 0.3) is 11.2 Å². The molecule has 0 aliphatic carbocycles. The zero-order chi connectivity index (χ0) is 23.8. The van der Waals surface area contributed by atoms with Crippen LogP contribution in [0.4, 0.5) is 16.2 Å². The lowest BCUT2D eigenvalue weighted by atomic mass is 9.97. The summed E-state index contributed by atoms with van der Waals surface area (Å²) in [7, 11) is 1.63. The molecule has 0 unspecified atom stereocenters.